The van der Waals surface area contributed by atoms with Crippen LogP contribution in [0.1, 0.15) is 30.5 Å². The van der Waals surface area contributed by atoms with Gasteiger partial charge in [0.2, 0.25) is 0 Å². The molecular weight excluding hydrogens is 298 g/mol. The SMILES string of the molecule is COC(=O)[C@@H]1CC[C@@](O)(c2cc(C)cc(Br)n2)C1. The lowest BCUT2D eigenvalue weighted by Crippen LogP contribution is -2.25. The van der Waals surface area contributed by atoms with Crippen molar-refractivity contribution in [1.82, 2.24) is 4.98 Å². The van der Waals surface area contributed by atoms with E-state index in [9.17, 15) is 9.90 Å². The van der Waals surface area contributed by atoms with Crippen LogP contribution >= 0.6 is 15.9 Å². The van der Waals surface area contributed by atoms with Gasteiger partial charge in [-0.3, -0.25) is 4.79 Å². The average Bonchev–Trinajstić information content (AvgIpc) is 2.71. The predicted octanol–water partition coefficient (Wildman–Crippen LogP) is 2.31. The highest BCUT2D eigenvalue weighted by molar-refractivity contribution is 9.10. The van der Waals surface area contributed by atoms with Gasteiger partial charge >= 0.3 is 5.97 Å². The number of rotatable bonds is 2. The first kappa shape index (κ1) is 13.5. The molecule has 1 fully saturated rings. The number of nitrogens with zero attached hydrogens (tertiary/aromatic N) is 1. The highest BCUT2D eigenvalue weighted by Gasteiger charge is 2.43. The molecular formula is C13H16BrNO3. The van der Waals surface area contributed by atoms with E-state index < -0.39 is 5.60 Å². The van der Waals surface area contributed by atoms with Crippen LogP contribution in [0.25, 0.3) is 0 Å². The molecule has 4 nitrogen and oxygen atoms in total. The fourth-order valence-corrected chi connectivity index (χ4v) is 3.04. The van der Waals surface area contributed by atoms with Crippen LogP contribution in [-0.2, 0) is 15.1 Å². The molecule has 0 unspecified atom stereocenters. The summed E-state index contributed by atoms with van der Waals surface area (Å²) in [6.45, 7) is 1.95. The summed E-state index contributed by atoms with van der Waals surface area (Å²) in [5.74, 6) is -0.487. The first-order valence-electron chi connectivity index (χ1n) is 5.89. The molecule has 18 heavy (non-hydrogen) atoms. The van der Waals surface area contributed by atoms with Crippen LogP contribution in [0.2, 0.25) is 0 Å². The largest absolute Gasteiger partial charge is 0.469 e. The molecule has 1 aromatic rings. The van der Waals surface area contributed by atoms with Crippen molar-refractivity contribution < 1.29 is 14.6 Å². The Hall–Kier alpha value is -0.940. The van der Waals surface area contributed by atoms with E-state index in [0.717, 1.165) is 5.56 Å². The van der Waals surface area contributed by atoms with Crippen molar-refractivity contribution in [2.24, 2.45) is 5.92 Å². The molecule has 5 heteroatoms. The molecule has 2 atom stereocenters. The lowest BCUT2D eigenvalue weighted by atomic mass is 9.95. The maximum atomic E-state index is 11.5. The Bertz CT molecular complexity index is 457. The molecule has 1 aliphatic rings. The zero-order valence-electron chi connectivity index (χ0n) is 10.4. The second-order valence-corrected chi connectivity index (χ2v) is 5.66. The summed E-state index contributed by atoms with van der Waals surface area (Å²) in [5.41, 5.74) is 0.635. The molecule has 0 saturated heterocycles. The number of pyridine rings is 1. The van der Waals surface area contributed by atoms with Crippen molar-refractivity contribution in [3.63, 3.8) is 0 Å². The van der Waals surface area contributed by atoms with E-state index in [4.69, 9.17) is 4.74 Å². The molecule has 1 N–H and O–H groups in total. The minimum Gasteiger partial charge on any atom is -0.469 e. The van der Waals surface area contributed by atoms with E-state index in [1.165, 1.54) is 7.11 Å². The van der Waals surface area contributed by atoms with Gasteiger partial charge in [0.25, 0.3) is 0 Å². The molecule has 98 valence electrons. The molecule has 0 radical (unpaired) electrons. The fourth-order valence-electron chi connectivity index (χ4n) is 2.49. The second kappa shape index (κ2) is 4.97. The number of aliphatic hydroxyl groups is 1. The van der Waals surface area contributed by atoms with Crippen molar-refractivity contribution in [3.05, 3.63) is 28.0 Å². The minimum atomic E-state index is -1.02. The quantitative estimate of drug-likeness (QED) is 0.672. The fraction of sp³-hybridized carbons (Fsp3) is 0.538. The number of aromatic nitrogens is 1. The summed E-state index contributed by atoms with van der Waals surface area (Å²) >= 11 is 3.33. The number of methoxy groups -OCH3 is 1. The Balaban J connectivity index is 2.25. The number of carbonyl (C=O) groups excluding carboxylic acids is 1. The number of ether oxygens (including phenoxy) is 1. The topological polar surface area (TPSA) is 59.4 Å². The highest BCUT2D eigenvalue weighted by atomic mass is 79.9. The number of halogens is 1. The second-order valence-electron chi connectivity index (χ2n) is 4.85. The molecule has 1 aromatic heterocycles. The van der Waals surface area contributed by atoms with Crippen LogP contribution in [0.15, 0.2) is 16.7 Å². The molecule has 0 aromatic carbocycles. The van der Waals surface area contributed by atoms with Crippen LogP contribution in [0.5, 0.6) is 0 Å². The minimum absolute atomic E-state index is 0.235. The summed E-state index contributed by atoms with van der Waals surface area (Å²) in [6.07, 6.45) is 1.55. The third kappa shape index (κ3) is 2.57. The number of hydrogen-bond acceptors (Lipinski definition) is 4. The van der Waals surface area contributed by atoms with Crippen molar-refractivity contribution in [2.45, 2.75) is 31.8 Å². The third-order valence-corrected chi connectivity index (χ3v) is 3.85. The normalized spacial score (nSPS) is 27.2. The Morgan fingerprint density at radius 3 is 2.94 bits per heavy atom. The number of aryl methyl sites for hydroxylation is 1. The number of hydrogen-bond donors (Lipinski definition) is 1. The van der Waals surface area contributed by atoms with Gasteiger partial charge in [0.15, 0.2) is 0 Å². The van der Waals surface area contributed by atoms with Gasteiger partial charge in [-0.15, -0.1) is 0 Å². The van der Waals surface area contributed by atoms with Crippen LogP contribution in [0.3, 0.4) is 0 Å². The molecule has 1 saturated carbocycles. The van der Waals surface area contributed by atoms with E-state index in [-0.39, 0.29) is 11.9 Å². The van der Waals surface area contributed by atoms with Gasteiger partial charge in [-0.25, -0.2) is 4.98 Å². The first-order chi connectivity index (χ1) is 8.44. The molecule has 0 aliphatic heterocycles. The van der Waals surface area contributed by atoms with Crippen molar-refractivity contribution in [3.8, 4) is 0 Å². The summed E-state index contributed by atoms with van der Waals surface area (Å²) in [4.78, 5) is 15.8. The van der Waals surface area contributed by atoms with E-state index >= 15 is 0 Å². The zero-order valence-corrected chi connectivity index (χ0v) is 12.0. The molecule has 1 aliphatic carbocycles. The smallest absolute Gasteiger partial charge is 0.308 e. The Kier molecular flexibility index (Phi) is 3.73. The lowest BCUT2D eigenvalue weighted by Gasteiger charge is -2.22. The molecule has 2 rings (SSSR count). The summed E-state index contributed by atoms with van der Waals surface area (Å²) < 4.78 is 5.43. The van der Waals surface area contributed by atoms with Gasteiger partial charge in [0.1, 0.15) is 10.2 Å². The van der Waals surface area contributed by atoms with E-state index in [2.05, 4.69) is 20.9 Å². The highest BCUT2D eigenvalue weighted by Crippen LogP contribution is 2.42. The first-order valence-corrected chi connectivity index (χ1v) is 6.69. The van der Waals surface area contributed by atoms with Crippen molar-refractivity contribution >= 4 is 21.9 Å². The molecule has 1 heterocycles. The van der Waals surface area contributed by atoms with E-state index in [0.29, 0.717) is 29.6 Å². The van der Waals surface area contributed by atoms with Crippen LogP contribution < -0.4 is 0 Å². The van der Waals surface area contributed by atoms with Gasteiger partial charge in [0.05, 0.1) is 18.7 Å². The van der Waals surface area contributed by atoms with E-state index in [1.807, 2.05) is 19.1 Å². The maximum absolute atomic E-state index is 11.5. The summed E-state index contributed by atoms with van der Waals surface area (Å²) in [6, 6.07) is 3.75. The molecule has 0 bridgehead atoms. The van der Waals surface area contributed by atoms with Gasteiger partial charge in [0, 0.05) is 0 Å². The standard InChI is InChI=1S/C13H16BrNO3/c1-8-5-10(15-11(14)6-8)13(17)4-3-9(7-13)12(16)18-2/h5-6,9,17H,3-4,7H2,1-2H3/t9-,13+/m1/s1. The Morgan fingerprint density at radius 2 is 2.33 bits per heavy atom. The van der Waals surface area contributed by atoms with Crippen LogP contribution in [0, 0.1) is 12.8 Å². The number of esters is 1. The van der Waals surface area contributed by atoms with Crippen molar-refractivity contribution in [2.75, 3.05) is 7.11 Å². The van der Waals surface area contributed by atoms with Gasteiger partial charge in [-0.05, 0) is 59.8 Å². The van der Waals surface area contributed by atoms with Gasteiger partial charge < -0.3 is 9.84 Å². The molecule has 0 amide bonds. The van der Waals surface area contributed by atoms with E-state index in [1.54, 1.807) is 0 Å². The maximum Gasteiger partial charge on any atom is 0.308 e. The monoisotopic (exact) mass is 313 g/mol. The number of carbonyl (C=O) groups is 1. The van der Waals surface area contributed by atoms with Gasteiger partial charge in [-0.2, -0.15) is 0 Å². The lowest BCUT2D eigenvalue weighted by molar-refractivity contribution is -0.145. The third-order valence-electron chi connectivity index (χ3n) is 3.44. The summed E-state index contributed by atoms with van der Waals surface area (Å²) in [5, 5.41) is 10.6. The predicted molar refractivity (Wildman–Crippen MR) is 69.9 cm³/mol. The average molecular weight is 314 g/mol. The Morgan fingerprint density at radius 1 is 1.61 bits per heavy atom. The van der Waals surface area contributed by atoms with Crippen LogP contribution in [0.4, 0.5) is 0 Å². The van der Waals surface area contributed by atoms with Crippen LogP contribution in [-0.4, -0.2) is 23.2 Å². The Labute approximate surface area is 115 Å². The molecule has 0 spiro atoms. The van der Waals surface area contributed by atoms with Gasteiger partial charge in [-0.1, -0.05) is 0 Å². The van der Waals surface area contributed by atoms with Crippen molar-refractivity contribution in [1.29, 1.82) is 0 Å². The zero-order chi connectivity index (χ0) is 13.3. The summed E-state index contributed by atoms with van der Waals surface area (Å²) in [7, 11) is 1.38.